The van der Waals surface area contributed by atoms with E-state index in [4.69, 9.17) is 20.5 Å². The maximum absolute atomic E-state index is 9.00. The largest absolute Gasteiger partial charge is 0.493 e. The molecule has 92 valence electrons. The van der Waals surface area contributed by atoms with Gasteiger partial charge < -0.3 is 15.2 Å². The number of ether oxygens (including phenoxy) is 2. The van der Waals surface area contributed by atoms with Crippen molar-refractivity contribution >= 4 is 0 Å². The van der Waals surface area contributed by atoms with Gasteiger partial charge in [0, 0.05) is 6.04 Å². The Hall–Kier alpha value is -1.73. The van der Waals surface area contributed by atoms with Gasteiger partial charge in [-0.3, -0.25) is 0 Å². The first-order valence-corrected chi connectivity index (χ1v) is 5.55. The van der Waals surface area contributed by atoms with Gasteiger partial charge >= 0.3 is 0 Å². The zero-order valence-corrected chi connectivity index (χ0v) is 10.4. The van der Waals surface area contributed by atoms with Crippen molar-refractivity contribution in [2.45, 2.75) is 19.4 Å². The topological polar surface area (TPSA) is 68.3 Å². The molecule has 17 heavy (non-hydrogen) atoms. The molecule has 4 heteroatoms. The van der Waals surface area contributed by atoms with Crippen LogP contribution in [0, 0.1) is 17.2 Å². The van der Waals surface area contributed by atoms with E-state index in [2.05, 4.69) is 6.07 Å². The van der Waals surface area contributed by atoms with Crippen molar-refractivity contribution in [3.05, 3.63) is 23.8 Å². The number of nitrogens with two attached hydrogens (primary N) is 1. The first-order valence-electron chi connectivity index (χ1n) is 5.55. The molecule has 2 unspecified atom stereocenters. The Morgan fingerprint density at radius 2 is 1.94 bits per heavy atom. The minimum Gasteiger partial charge on any atom is -0.493 e. The van der Waals surface area contributed by atoms with Crippen LogP contribution in [0.3, 0.4) is 0 Å². The molecule has 1 aromatic carbocycles. The Balaban J connectivity index is 3.03. The highest BCUT2D eigenvalue weighted by Gasteiger charge is 2.18. The molecule has 0 heterocycles. The quantitative estimate of drug-likeness (QED) is 0.848. The molecule has 2 atom stereocenters. The molecule has 1 rings (SSSR count). The van der Waals surface area contributed by atoms with Crippen molar-refractivity contribution in [2.75, 3.05) is 14.2 Å². The lowest BCUT2D eigenvalue weighted by Crippen LogP contribution is -2.19. The van der Waals surface area contributed by atoms with Crippen LogP contribution in [0.4, 0.5) is 0 Å². The van der Waals surface area contributed by atoms with Crippen molar-refractivity contribution in [2.24, 2.45) is 11.7 Å². The maximum atomic E-state index is 9.00. The second kappa shape index (κ2) is 6.12. The van der Waals surface area contributed by atoms with E-state index in [1.165, 1.54) is 0 Å². The predicted molar refractivity (Wildman–Crippen MR) is 65.9 cm³/mol. The van der Waals surface area contributed by atoms with E-state index < -0.39 is 0 Å². The summed E-state index contributed by atoms with van der Waals surface area (Å²) in [4.78, 5) is 0. The summed E-state index contributed by atoms with van der Waals surface area (Å²) in [6.07, 6.45) is 0.728. The number of rotatable bonds is 5. The van der Waals surface area contributed by atoms with E-state index in [1.54, 1.807) is 20.3 Å². The van der Waals surface area contributed by atoms with Gasteiger partial charge in [-0.25, -0.2) is 0 Å². The monoisotopic (exact) mass is 234 g/mol. The number of hydrogen-bond acceptors (Lipinski definition) is 4. The summed E-state index contributed by atoms with van der Waals surface area (Å²) in [5, 5.41) is 9.00. The second-order valence-electron chi connectivity index (χ2n) is 3.78. The zero-order chi connectivity index (χ0) is 12.8. The molecule has 0 bridgehead atoms. The molecule has 0 saturated heterocycles. The second-order valence-corrected chi connectivity index (χ2v) is 3.78. The predicted octanol–water partition coefficient (Wildman–Crippen LogP) is 2.25. The van der Waals surface area contributed by atoms with Crippen molar-refractivity contribution < 1.29 is 9.47 Å². The third-order valence-corrected chi connectivity index (χ3v) is 2.83. The number of benzene rings is 1. The molecule has 1 aromatic rings. The fourth-order valence-corrected chi connectivity index (χ4v) is 1.72. The third kappa shape index (κ3) is 2.89. The van der Waals surface area contributed by atoms with E-state index in [1.807, 2.05) is 19.1 Å². The Morgan fingerprint density at radius 1 is 1.29 bits per heavy atom. The first kappa shape index (κ1) is 13.3. The van der Waals surface area contributed by atoms with Crippen LogP contribution in [0.5, 0.6) is 11.5 Å². The number of hydrogen-bond donors (Lipinski definition) is 1. The number of nitrogens with zero attached hydrogens (tertiary/aromatic N) is 1. The van der Waals surface area contributed by atoms with Crippen molar-refractivity contribution in [1.29, 1.82) is 5.26 Å². The van der Waals surface area contributed by atoms with Gasteiger partial charge in [0.2, 0.25) is 0 Å². The summed E-state index contributed by atoms with van der Waals surface area (Å²) in [6.45, 7) is 1.95. The van der Waals surface area contributed by atoms with E-state index in [-0.39, 0.29) is 12.0 Å². The van der Waals surface area contributed by atoms with E-state index >= 15 is 0 Å². The van der Waals surface area contributed by atoms with Crippen molar-refractivity contribution in [1.82, 2.24) is 0 Å². The van der Waals surface area contributed by atoms with Gasteiger partial charge in [0.1, 0.15) is 0 Å². The van der Waals surface area contributed by atoms with Gasteiger partial charge in [0.25, 0.3) is 0 Å². The summed E-state index contributed by atoms with van der Waals surface area (Å²) < 4.78 is 10.4. The van der Waals surface area contributed by atoms with Gasteiger partial charge in [0.15, 0.2) is 11.5 Å². The Labute approximate surface area is 102 Å². The molecule has 0 aromatic heterocycles. The SMILES string of the molecule is CCC(C#N)C(N)c1ccc(OC)c(OC)c1. The molecule has 0 aliphatic heterocycles. The van der Waals surface area contributed by atoms with Crippen LogP contribution in [0.2, 0.25) is 0 Å². The minimum atomic E-state index is -0.301. The van der Waals surface area contributed by atoms with Crippen molar-refractivity contribution in [3.8, 4) is 17.6 Å². The van der Waals surface area contributed by atoms with Gasteiger partial charge in [0.05, 0.1) is 26.2 Å². The zero-order valence-electron chi connectivity index (χ0n) is 10.4. The molecule has 0 fully saturated rings. The highest BCUT2D eigenvalue weighted by atomic mass is 16.5. The fraction of sp³-hybridized carbons (Fsp3) is 0.462. The molecule has 2 N–H and O–H groups in total. The standard InChI is InChI=1S/C13H18N2O2/c1-4-9(8-14)13(15)10-5-6-11(16-2)12(7-10)17-3/h5-7,9,13H,4,15H2,1-3H3. The van der Waals surface area contributed by atoms with Crippen LogP contribution in [0.1, 0.15) is 24.9 Å². The molecule has 0 amide bonds. The minimum absolute atomic E-state index is 0.187. The van der Waals surface area contributed by atoms with Crippen LogP contribution < -0.4 is 15.2 Å². The number of methoxy groups -OCH3 is 2. The average molecular weight is 234 g/mol. The first-order chi connectivity index (χ1) is 8.17. The van der Waals surface area contributed by atoms with Crippen LogP contribution in [-0.2, 0) is 0 Å². The smallest absolute Gasteiger partial charge is 0.161 e. The lowest BCUT2D eigenvalue weighted by Gasteiger charge is -2.18. The highest BCUT2D eigenvalue weighted by Crippen LogP contribution is 2.31. The summed E-state index contributed by atoms with van der Waals surface area (Å²) in [5.74, 6) is 1.11. The van der Waals surface area contributed by atoms with Gasteiger partial charge in [-0.1, -0.05) is 13.0 Å². The van der Waals surface area contributed by atoms with E-state index in [0.29, 0.717) is 11.5 Å². The Kier molecular flexibility index (Phi) is 4.80. The Bertz CT molecular complexity index is 412. The van der Waals surface area contributed by atoms with Gasteiger partial charge in [-0.2, -0.15) is 5.26 Å². The van der Waals surface area contributed by atoms with Crippen LogP contribution >= 0.6 is 0 Å². The summed E-state index contributed by atoms with van der Waals surface area (Å²) in [7, 11) is 3.16. The lowest BCUT2D eigenvalue weighted by atomic mass is 9.93. The summed E-state index contributed by atoms with van der Waals surface area (Å²) >= 11 is 0. The molecule has 0 saturated carbocycles. The average Bonchev–Trinajstić information content (AvgIpc) is 2.39. The molecule has 0 radical (unpaired) electrons. The maximum Gasteiger partial charge on any atom is 0.161 e. The molecule has 0 aliphatic rings. The summed E-state index contributed by atoms with van der Waals surface area (Å²) in [6, 6.07) is 7.41. The van der Waals surface area contributed by atoms with Gasteiger partial charge in [-0.05, 0) is 24.1 Å². The van der Waals surface area contributed by atoms with Crippen molar-refractivity contribution in [3.63, 3.8) is 0 Å². The molecular weight excluding hydrogens is 216 g/mol. The van der Waals surface area contributed by atoms with Crippen LogP contribution in [-0.4, -0.2) is 14.2 Å². The molecule has 0 aliphatic carbocycles. The fourth-order valence-electron chi connectivity index (χ4n) is 1.72. The van der Waals surface area contributed by atoms with Gasteiger partial charge in [-0.15, -0.1) is 0 Å². The highest BCUT2D eigenvalue weighted by molar-refractivity contribution is 5.44. The third-order valence-electron chi connectivity index (χ3n) is 2.83. The Morgan fingerprint density at radius 3 is 2.41 bits per heavy atom. The lowest BCUT2D eigenvalue weighted by molar-refractivity contribution is 0.353. The van der Waals surface area contributed by atoms with E-state index in [0.717, 1.165) is 12.0 Å². The molecule has 4 nitrogen and oxygen atoms in total. The van der Waals surface area contributed by atoms with Crippen LogP contribution in [0.25, 0.3) is 0 Å². The summed E-state index contributed by atoms with van der Waals surface area (Å²) in [5.41, 5.74) is 6.94. The molecular formula is C13H18N2O2. The van der Waals surface area contributed by atoms with Crippen LogP contribution in [0.15, 0.2) is 18.2 Å². The normalized spacial score (nSPS) is 13.6. The molecule has 0 spiro atoms. The number of nitriles is 1. The van der Waals surface area contributed by atoms with E-state index in [9.17, 15) is 0 Å².